The average Bonchev–Trinajstić information content (AvgIpc) is 2.76. The van der Waals surface area contributed by atoms with E-state index in [-0.39, 0.29) is 15.6 Å². The number of nitrogens with zero attached hydrogens (tertiary/aromatic N) is 2. The average molecular weight is 461 g/mol. The molecule has 3 aromatic rings. The lowest BCUT2D eigenvalue weighted by Gasteiger charge is -2.27. The SMILES string of the molecule is Cc1ccc(CN(C)C(=O)CN(c2ccc(F)c(Cl)c2)S(=O)(=O)c2ccccc2)cc1. The van der Waals surface area contributed by atoms with Crippen molar-refractivity contribution in [1.29, 1.82) is 0 Å². The number of likely N-dealkylation sites (N-methyl/N-ethyl adjacent to an activating group) is 1. The Morgan fingerprint density at radius 3 is 2.26 bits per heavy atom. The van der Waals surface area contributed by atoms with Gasteiger partial charge in [-0.3, -0.25) is 9.10 Å². The molecule has 0 aliphatic rings. The molecular formula is C23H22ClFN2O3S. The number of sulfonamides is 1. The highest BCUT2D eigenvalue weighted by Crippen LogP contribution is 2.28. The van der Waals surface area contributed by atoms with Gasteiger partial charge in [0.2, 0.25) is 5.91 Å². The fourth-order valence-corrected chi connectivity index (χ4v) is 4.58. The van der Waals surface area contributed by atoms with Gasteiger partial charge in [0.05, 0.1) is 15.6 Å². The van der Waals surface area contributed by atoms with Crippen molar-refractivity contribution in [3.05, 3.63) is 94.8 Å². The largest absolute Gasteiger partial charge is 0.340 e. The highest BCUT2D eigenvalue weighted by Gasteiger charge is 2.28. The number of carbonyl (C=O) groups excluding carboxylic acids is 1. The van der Waals surface area contributed by atoms with E-state index < -0.39 is 28.3 Å². The fraction of sp³-hybridized carbons (Fsp3) is 0.174. The number of rotatable bonds is 7. The second-order valence-corrected chi connectivity index (χ2v) is 9.43. The number of amides is 1. The van der Waals surface area contributed by atoms with Gasteiger partial charge in [0, 0.05) is 13.6 Å². The lowest BCUT2D eigenvalue weighted by molar-refractivity contribution is -0.128. The van der Waals surface area contributed by atoms with Crippen LogP contribution in [0, 0.1) is 12.7 Å². The Bertz CT molecular complexity index is 1170. The molecule has 0 saturated carbocycles. The maximum Gasteiger partial charge on any atom is 0.264 e. The second kappa shape index (κ2) is 9.49. The summed E-state index contributed by atoms with van der Waals surface area (Å²) in [4.78, 5) is 14.4. The summed E-state index contributed by atoms with van der Waals surface area (Å²) in [6.07, 6.45) is 0. The van der Waals surface area contributed by atoms with E-state index in [9.17, 15) is 17.6 Å². The Kier molecular flexibility index (Phi) is 6.97. The first-order valence-corrected chi connectivity index (χ1v) is 11.3. The van der Waals surface area contributed by atoms with Crippen molar-refractivity contribution >= 4 is 33.2 Å². The maximum atomic E-state index is 13.7. The Labute approximate surface area is 186 Å². The summed E-state index contributed by atoms with van der Waals surface area (Å²) in [7, 11) is -2.48. The quantitative estimate of drug-likeness (QED) is 0.516. The summed E-state index contributed by atoms with van der Waals surface area (Å²) in [5.41, 5.74) is 2.13. The van der Waals surface area contributed by atoms with Gasteiger partial charge < -0.3 is 4.90 Å². The van der Waals surface area contributed by atoms with Crippen molar-refractivity contribution in [3.63, 3.8) is 0 Å². The van der Waals surface area contributed by atoms with Gasteiger partial charge in [-0.1, -0.05) is 59.6 Å². The molecule has 0 aromatic heterocycles. The lowest BCUT2D eigenvalue weighted by Crippen LogP contribution is -2.41. The van der Waals surface area contributed by atoms with Crippen LogP contribution in [0.4, 0.5) is 10.1 Å². The van der Waals surface area contributed by atoms with E-state index in [1.165, 1.54) is 29.2 Å². The Morgan fingerprint density at radius 1 is 1.00 bits per heavy atom. The normalized spacial score (nSPS) is 11.2. The molecule has 0 bridgehead atoms. The minimum Gasteiger partial charge on any atom is -0.340 e. The number of aryl methyl sites for hydroxylation is 1. The molecule has 0 fully saturated rings. The number of halogens is 2. The molecule has 8 heteroatoms. The van der Waals surface area contributed by atoms with Crippen LogP contribution in [0.1, 0.15) is 11.1 Å². The molecule has 3 aromatic carbocycles. The number of anilines is 1. The van der Waals surface area contributed by atoms with Gasteiger partial charge in [0.1, 0.15) is 12.4 Å². The summed E-state index contributed by atoms with van der Waals surface area (Å²) in [6, 6.07) is 19.0. The molecule has 31 heavy (non-hydrogen) atoms. The third-order valence-electron chi connectivity index (χ3n) is 4.77. The van der Waals surface area contributed by atoms with Crippen molar-refractivity contribution in [2.75, 3.05) is 17.9 Å². The summed E-state index contributed by atoms with van der Waals surface area (Å²) >= 11 is 5.88. The Morgan fingerprint density at radius 2 is 1.65 bits per heavy atom. The predicted molar refractivity (Wildman–Crippen MR) is 120 cm³/mol. The monoisotopic (exact) mass is 460 g/mol. The minimum absolute atomic E-state index is 0.0180. The van der Waals surface area contributed by atoms with Crippen LogP contribution in [-0.2, 0) is 21.4 Å². The zero-order valence-electron chi connectivity index (χ0n) is 17.1. The Balaban J connectivity index is 1.91. The molecule has 0 spiro atoms. The third kappa shape index (κ3) is 5.42. The molecule has 0 radical (unpaired) electrons. The van der Waals surface area contributed by atoms with Crippen LogP contribution >= 0.6 is 11.6 Å². The number of benzene rings is 3. The number of carbonyl (C=O) groups is 1. The standard InChI is InChI=1S/C23H22ClFN2O3S/c1-17-8-10-18(11-9-17)15-26(2)23(28)16-27(19-12-13-22(25)21(24)14-19)31(29,30)20-6-4-3-5-7-20/h3-14H,15-16H2,1-2H3. The van der Waals surface area contributed by atoms with Crippen LogP contribution in [0.15, 0.2) is 77.7 Å². The highest BCUT2D eigenvalue weighted by atomic mass is 35.5. The molecule has 0 aliphatic heterocycles. The van der Waals surface area contributed by atoms with Gasteiger partial charge in [0.25, 0.3) is 10.0 Å². The predicted octanol–water partition coefficient (Wildman–Crippen LogP) is 4.64. The maximum absolute atomic E-state index is 13.7. The van der Waals surface area contributed by atoms with Crippen LogP contribution in [0.2, 0.25) is 5.02 Å². The molecule has 0 saturated heterocycles. The molecule has 0 atom stereocenters. The van der Waals surface area contributed by atoms with Crippen molar-refractivity contribution in [2.24, 2.45) is 0 Å². The van der Waals surface area contributed by atoms with Crippen molar-refractivity contribution in [2.45, 2.75) is 18.4 Å². The number of hydrogen-bond acceptors (Lipinski definition) is 3. The lowest BCUT2D eigenvalue weighted by atomic mass is 10.1. The van der Waals surface area contributed by atoms with E-state index in [1.54, 1.807) is 25.2 Å². The highest BCUT2D eigenvalue weighted by molar-refractivity contribution is 7.92. The smallest absolute Gasteiger partial charge is 0.264 e. The van der Waals surface area contributed by atoms with Gasteiger partial charge in [-0.25, -0.2) is 12.8 Å². The van der Waals surface area contributed by atoms with Crippen LogP contribution < -0.4 is 4.31 Å². The van der Waals surface area contributed by atoms with E-state index in [0.717, 1.165) is 21.5 Å². The zero-order chi connectivity index (χ0) is 22.6. The van der Waals surface area contributed by atoms with Crippen LogP contribution in [0.5, 0.6) is 0 Å². The fourth-order valence-electron chi connectivity index (χ4n) is 2.97. The molecular weight excluding hydrogens is 439 g/mol. The number of hydrogen-bond donors (Lipinski definition) is 0. The molecule has 0 heterocycles. The van der Waals surface area contributed by atoms with Crippen LogP contribution in [-0.4, -0.2) is 32.8 Å². The molecule has 3 rings (SSSR count). The minimum atomic E-state index is -4.09. The van der Waals surface area contributed by atoms with Gasteiger partial charge >= 0.3 is 0 Å². The molecule has 0 N–H and O–H groups in total. The van der Waals surface area contributed by atoms with Gasteiger partial charge in [0.15, 0.2) is 0 Å². The van der Waals surface area contributed by atoms with E-state index in [0.29, 0.717) is 6.54 Å². The topological polar surface area (TPSA) is 57.7 Å². The molecule has 1 amide bonds. The van der Waals surface area contributed by atoms with E-state index in [1.807, 2.05) is 31.2 Å². The molecule has 162 valence electrons. The molecule has 0 unspecified atom stereocenters. The first kappa shape index (κ1) is 22.8. The molecule has 0 aliphatic carbocycles. The van der Waals surface area contributed by atoms with Gasteiger partial charge in [-0.15, -0.1) is 0 Å². The van der Waals surface area contributed by atoms with E-state index in [2.05, 4.69) is 0 Å². The van der Waals surface area contributed by atoms with Gasteiger partial charge in [-0.2, -0.15) is 0 Å². The van der Waals surface area contributed by atoms with Crippen LogP contribution in [0.25, 0.3) is 0 Å². The summed E-state index contributed by atoms with van der Waals surface area (Å²) in [5.74, 6) is -1.09. The zero-order valence-corrected chi connectivity index (χ0v) is 18.7. The summed E-state index contributed by atoms with van der Waals surface area (Å²) < 4.78 is 41.2. The first-order chi connectivity index (χ1) is 14.7. The second-order valence-electron chi connectivity index (χ2n) is 7.16. The first-order valence-electron chi connectivity index (χ1n) is 9.51. The summed E-state index contributed by atoms with van der Waals surface area (Å²) in [5, 5.41) is -0.230. The van der Waals surface area contributed by atoms with Crippen molar-refractivity contribution < 1.29 is 17.6 Å². The molecule has 5 nitrogen and oxygen atoms in total. The summed E-state index contributed by atoms with van der Waals surface area (Å²) in [6.45, 7) is 1.84. The van der Waals surface area contributed by atoms with Crippen LogP contribution in [0.3, 0.4) is 0 Å². The van der Waals surface area contributed by atoms with Crippen molar-refractivity contribution in [1.82, 2.24) is 4.90 Å². The van der Waals surface area contributed by atoms with Gasteiger partial charge in [-0.05, 0) is 42.8 Å². The van der Waals surface area contributed by atoms with Crippen molar-refractivity contribution in [3.8, 4) is 0 Å². The third-order valence-corrected chi connectivity index (χ3v) is 6.85. The Hall–Kier alpha value is -2.90. The van der Waals surface area contributed by atoms with E-state index >= 15 is 0 Å². The van der Waals surface area contributed by atoms with E-state index in [4.69, 9.17) is 11.6 Å².